The molecule has 0 aliphatic carbocycles. The molecule has 0 aromatic heterocycles. The summed E-state index contributed by atoms with van der Waals surface area (Å²) in [6.45, 7) is 2.95. The first-order chi connectivity index (χ1) is 9.44. The second-order valence-corrected chi connectivity index (χ2v) is 6.37. The van der Waals surface area contributed by atoms with Crippen LogP contribution in [0.5, 0.6) is 0 Å². The number of sulfonamides is 1. The fraction of sp³-hybridized carbons (Fsp3) is 0.417. The fourth-order valence-electron chi connectivity index (χ4n) is 1.91. The zero-order valence-electron chi connectivity index (χ0n) is 11.2. The third-order valence-corrected chi connectivity index (χ3v) is 3.45. The van der Waals surface area contributed by atoms with Crippen molar-refractivity contribution in [2.45, 2.75) is 0 Å². The number of nitrogens with one attached hydrogen (secondary N) is 3. The monoisotopic (exact) mass is 298 g/mol. The number of rotatable bonds is 3. The zero-order valence-corrected chi connectivity index (χ0v) is 12.0. The van der Waals surface area contributed by atoms with Gasteiger partial charge in [0.15, 0.2) is 0 Å². The average Bonchev–Trinajstić information content (AvgIpc) is 2.40. The third kappa shape index (κ3) is 4.39. The van der Waals surface area contributed by atoms with Gasteiger partial charge in [-0.1, -0.05) is 0 Å². The third-order valence-electron chi connectivity index (χ3n) is 2.84. The van der Waals surface area contributed by atoms with Gasteiger partial charge in [-0.05, 0) is 24.3 Å². The molecular formula is C12H18N4O3S. The van der Waals surface area contributed by atoms with Gasteiger partial charge in [-0.3, -0.25) is 4.72 Å². The molecule has 8 heteroatoms. The van der Waals surface area contributed by atoms with E-state index < -0.39 is 10.0 Å². The Bertz CT molecular complexity index is 565. The van der Waals surface area contributed by atoms with E-state index in [-0.39, 0.29) is 6.03 Å². The highest BCUT2D eigenvalue weighted by atomic mass is 32.2. The molecule has 1 aromatic rings. The molecule has 0 spiro atoms. The first-order valence-corrected chi connectivity index (χ1v) is 8.18. The predicted octanol–water partition coefficient (Wildman–Crippen LogP) is 0.495. The second kappa shape index (κ2) is 6.10. The Labute approximate surface area is 118 Å². The largest absolute Gasteiger partial charge is 0.322 e. The van der Waals surface area contributed by atoms with Gasteiger partial charge in [0.2, 0.25) is 10.0 Å². The Hall–Kier alpha value is -1.80. The van der Waals surface area contributed by atoms with Crippen LogP contribution in [0.3, 0.4) is 0 Å². The van der Waals surface area contributed by atoms with Crippen LogP contribution in [0.25, 0.3) is 0 Å². The Morgan fingerprint density at radius 1 is 1.15 bits per heavy atom. The lowest BCUT2D eigenvalue weighted by Gasteiger charge is -2.27. The highest BCUT2D eigenvalue weighted by Crippen LogP contribution is 2.15. The number of nitrogens with zero attached hydrogens (tertiary/aromatic N) is 1. The lowest BCUT2D eigenvalue weighted by atomic mass is 10.3. The molecule has 3 N–H and O–H groups in total. The molecule has 7 nitrogen and oxygen atoms in total. The molecule has 1 fully saturated rings. The molecule has 1 aliphatic heterocycles. The van der Waals surface area contributed by atoms with Crippen molar-refractivity contribution in [3.05, 3.63) is 24.3 Å². The standard InChI is InChI=1S/C12H18N4O3S/c1-20(18,19)15-11-4-2-10(3-5-11)14-12(17)16-8-6-13-7-9-16/h2-5,13,15H,6-9H2,1H3,(H,14,17). The van der Waals surface area contributed by atoms with Crippen molar-refractivity contribution in [1.82, 2.24) is 10.2 Å². The summed E-state index contributed by atoms with van der Waals surface area (Å²) in [6.07, 6.45) is 1.09. The Morgan fingerprint density at radius 2 is 1.70 bits per heavy atom. The van der Waals surface area contributed by atoms with E-state index in [9.17, 15) is 13.2 Å². The van der Waals surface area contributed by atoms with E-state index in [0.29, 0.717) is 24.5 Å². The summed E-state index contributed by atoms with van der Waals surface area (Å²) in [5, 5.41) is 5.96. The van der Waals surface area contributed by atoms with Gasteiger partial charge in [-0.25, -0.2) is 13.2 Å². The van der Waals surface area contributed by atoms with E-state index in [1.807, 2.05) is 0 Å². The molecule has 0 atom stereocenters. The molecule has 1 aromatic carbocycles. The summed E-state index contributed by atoms with van der Waals surface area (Å²) >= 11 is 0. The van der Waals surface area contributed by atoms with Crippen molar-refractivity contribution in [3.63, 3.8) is 0 Å². The number of hydrogen-bond donors (Lipinski definition) is 3. The molecule has 0 unspecified atom stereocenters. The van der Waals surface area contributed by atoms with Crippen LogP contribution >= 0.6 is 0 Å². The Kier molecular flexibility index (Phi) is 4.46. The molecule has 1 aliphatic rings. The van der Waals surface area contributed by atoms with Crippen LogP contribution in [-0.2, 0) is 10.0 Å². The lowest BCUT2D eigenvalue weighted by Crippen LogP contribution is -2.48. The Morgan fingerprint density at radius 3 is 2.25 bits per heavy atom. The zero-order chi connectivity index (χ0) is 14.6. The molecule has 0 radical (unpaired) electrons. The second-order valence-electron chi connectivity index (χ2n) is 4.62. The van der Waals surface area contributed by atoms with E-state index in [0.717, 1.165) is 19.3 Å². The van der Waals surface area contributed by atoms with E-state index in [2.05, 4.69) is 15.4 Å². The van der Waals surface area contributed by atoms with Gasteiger partial charge in [0.25, 0.3) is 0 Å². The summed E-state index contributed by atoms with van der Waals surface area (Å²) in [4.78, 5) is 13.7. The number of carbonyl (C=O) groups is 1. The highest BCUT2D eigenvalue weighted by Gasteiger charge is 2.15. The van der Waals surface area contributed by atoms with E-state index in [4.69, 9.17) is 0 Å². The summed E-state index contributed by atoms with van der Waals surface area (Å²) in [6, 6.07) is 6.39. The average molecular weight is 298 g/mol. The molecule has 110 valence electrons. The maximum Gasteiger partial charge on any atom is 0.321 e. The van der Waals surface area contributed by atoms with E-state index >= 15 is 0 Å². The minimum atomic E-state index is -3.28. The van der Waals surface area contributed by atoms with E-state index in [1.165, 1.54) is 0 Å². The Balaban J connectivity index is 1.94. The molecular weight excluding hydrogens is 280 g/mol. The van der Waals surface area contributed by atoms with Crippen molar-refractivity contribution < 1.29 is 13.2 Å². The normalized spacial score (nSPS) is 15.8. The first-order valence-electron chi connectivity index (χ1n) is 6.28. The summed E-state index contributed by atoms with van der Waals surface area (Å²) < 4.78 is 24.5. The predicted molar refractivity (Wildman–Crippen MR) is 78.4 cm³/mol. The topological polar surface area (TPSA) is 90.5 Å². The molecule has 2 rings (SSSR count). The number of piperazine rings is 1. The minimum Gasteiger partial charge on any atom is -0.322 e. The van der Waals surface area contributed by atoms with Crippen molar-refractivity contribution in [2.24, 2.45) is 0 Å². The van der Waals surface area contributed by atoms with Gasteiger partial charge in [0.1, 0.15) is 0 Å². The molecule has 1 saturated heterocycles. The fourth-order valence-corrected chi connectivity index (χ4v) is 2.47. The number of anilines is 2. The first kappa shape index (κ1) is 14.6. The van der Waals surface area contributed by atoms with Crippen LogP contribution in [-0.4, -0.2) is 51.8 Å². The van der Waals surface area contributed by atoms with Crippen molar-refractivity contribution in [1.29, 1.82) is 0 Å². The molecule has 0 bridgehead atoms. The van der Waals surface area contributed by atoms with Crippen LogP contribution in [0.1, 0.15) is 0 Å². The summed E-state index contributed by atoms with van der Waals surface area (Å²) in [7, 11) is -3.28. The number of urea groups is 1. The number of carbonyl (C=O) groups excluding carboxylic acids is 1. The smallest absolute Gasteiger partial charge is 0.321 e. The van der Waals surface area contributed by atoms with Crippen LogP contribution in [0.2, 0.25) is 0 Å². The van der Waals surface area contributed by atoms with Gasteiger partial charge >= 0.3 is 6.03 Å². The van der Waals surface area contributed by atoms with Crippen LogP contribution in [0, 0.1) is 0 Å². The van der Waals surface area contributed by atoms with Gasteiger partial charge < -0.3 is 15.5 Å². The maximum absolute atomic E-state index is 12.0. The summed E-state index contributed by atoms with van der Waals surface area (Å²) in [5.74, 6) is 0. The van der Waals surface area contributed by atoms with Crippen molar-refractivity contribution >= 4 is 27.4 Å². The quantitative estimate of drug-likeness (QED) is 0.758. The van der Waals surface area contributed by atoms with Gasteiger partial charge in [-0.15, -0.1) is 0 Å². The van der Waals surface area contributed by atoms with Crippen molar-refractivity contribution in [3.8, 4) is 0 Å². The van der Waals surface area contributed by atoms with E-state index in [1.54, 1.807) is 29.2 Å². The van der Waals surface area contributed by atoms with Crippen molar-refractivity contribution in [2.75, 3.05) is 42.5 Å². The maximum atomic E-state index is 12.0. The van der Waals surface area contributed by atoms with Crippen LogP contribution < -0.4 is 15.4 Å². The summed E-state index contributed by atoms with van der Waals surface area (Å²) in [5.41, 5.74) is 1.10. The molecule has 1 heterocycles. The molecule has 2 amide bonds. The van der Waals surface area contributed by atoms with Gasteiger partial charge in [0.05, 0.1) is 6.26 Å². The van der Waals surface area contributed by atoms with Crippen LogP contribution in [0.4, 0.5) is 16.2 Å². The highest BCUT2D eigenvalue weighted by molar-refractivity contribution is 7.92. The molecule has 0 saturated carbocycles. The number of benzene rings is 1. The SMILES string of the molecule is CS(=O)(=O)Nc1ccc(NC(=O)N2CCNCC2)cc1. The number of amides is 2. The van der Waals surface area contributed by atoms with Crippen LogP contribution in [0.15, 0.2) is 24.3 Å². The number of hydrogen-bond acceptors (Lipinski definition) is 4. The minimum absolute atomic E-state index is 0.143. The lowest BCUT2D eigenvalue weighted by molar-refractivity contribution is 0.204. The van der Waals surface area contributed by atoms with Gasteiger partial charge in [0, 0.05) is 37.6 Å². The molecule has 20 heavy (non-hydrogen) atoms. The van der Waals surface area contributed by atoms with Gasteiger partial charge in [-0.2, -0.15) is 0 Å².